The second kappa shape index (κ2) is 6.78. The van der Waals surface area contributed by atoms with E-state index in [4.69, 9.17) is 9.47 Å². The second-order valence-electron chi connectivity index (χ2n) is 3.97. The van der Waals surface area contributed by atoms with Crippen molar-refractivity contribution in [2.75, 3.05) is 13.2 Å². The summed E-state index contributed by atoms with van der Waals surface area (Å²) in [5, 5.41) is 0. The van der Waals surface area contributed by atoms with Crippen molar-refractivity contribution in [2.45, 2.75) is 27.7 Å². The summed E-state index contributed by atoms with van der Waals surface area (Å²) in [6.07, 6.45) is 2.99. The Balaban J connectivity index is 2.97. The monoisotopic (exact) mass is 265 g/mol. The molecule has 1 rings (SSSR count). The largest absolute Gasteiger partial charge is 0.463 e. The predicted octanol–water partition coefficient (Wildman–Crippen LogP) is 2.38. The van der Waals surface area contributed by atoms with E-state index < -0.39 is 5.97 Å². The first kappa shape index (κ1) is 15.0. The third kappa shape index (κ3) is 3.71. The lowest BCUT2D eigenvalue weighted by molar-refractivity contribution is -0.137. The summed E-state index contributed by atoms with van der Waals surface area (Å²) in [5.74, 6) is -0.793. The number of nitrogens with one attached hydrogen (secondary N) is 1. The number of carbonyl (C=O) groups is 2. The third-order valence-corrected chi connectivity index (χ3v) is 2.65. The third-order valence-electron chi connectivity index (χ3n) is 2.65. The van der Waals surface area contributed by atoms with Crippen molar-refractivity contribution < 1.29 is 19.1 Å². The average Bonchev–Trinajstić information content (AvgIpc) is 2.63. The van der Waals surface area contributed by atoms with E-state index in [1.807, 2.05) is 6.92 Å². The molecule has 0 radical (unpaired) electrons. The van der Waals surface area contributed by atoms with Crippen LogP contribution >= 0.6 is 0 Å². The van der Waals surface area contributed by atoms with Crippen LogP contribution in [0.25, 0.3) is 6.08 Å². The molecule has 0 amide bonds. The van der Waals surface area contributed by atoms with E-state index in [2.05, 4.69) is 4.98 Å². The summed E-state index contributed by atoms with van der Waals surface area (Å²) in [6.45, 7) is 7.80. The summed E-state index contributed by atoms with van der Waals surface area (Å²) in [6, 6.07) is 0. The predicted molar refractivity (Wildman–Crippen MR) is 71.9 cm³/mol. The molecule has 104 valence electrons. The van der Waals surface area contributed by atoms with Gasteiger partial charge < -0.3 is 14.5 Å². The van der Waals surface area contributed by atoms with Gasteiger partial charge in [0.2, 0.25) is 0 Å². The van der Waals surface area contributed by atoms with Crippen LogP contribution in [0.4, 0.5) is 0 Å². The van der Waals surface area contributed by atoms with Gasteiger partial charge in [-0.05, 0) is 44.9 Å². The molecule has 0 aromatic carbocycles. The highest BCUT2D eigenvalue weighted by Gasteiger charge is 2.16. The van der Waals surface area contributed by atoms with E-state index in [-0.39, 0.29) is 5.97 Å². The minimum atomic E-state index is -0.403. The van der Waals surface area contributed by atoms with Gasteiger partial charge in [0.1, 0.15) is 5.69 Å². The number of ether oxygens (including phenoxy) is 2. The van der Waals surface area contributed by atoms with Gasteiger partial charge in [-0.1, -0.05) is 0 Å². The topological polar surface area (TPSA) is 68.4 Å². The van der Waals surface area contributed by atoms with Gasteiger partial charge in [-0.3, -0.25) is 0 Å². The highest BCUT2D eigenvalue weighted by molar-refractivity contribution is 5.92. The van der Waals surface area contributed by atoms with Gasteiger partial charge in [-0.25, -0.2) is 9.59 Å². The molecule has 0 unspecified atom stereocenters. The van der Waals surface area contributed by atoms with E-state index in [0.717, 1.165) is 16.8 Å². The van der Waals surface area contributed by atoms with Crippen LogP contribution in [0.5, 0.6) is 0 Å². The first-order valence-electron chi connectivity index (χ1n) is 6.22. The smallest absolute Gasteiger partial charge is 0.355 e. The van der Waals surface area contributed by atoms with Crippen LogP contribution in [0.1, 0.15) is 41.2 Å². The molecule has 1 heterocycles. The van der Waals surface area contributed by atoms with E-state index in [0.29, 0.717) is 18.9 Å². The number of H-pyrrole nitrogens is 1. The maximum atomic E-state index is 11.7. The Morgan fingerprint density at radius 2 is 1.79 bits per heavy atom. The molecule has 0 spiro atoms. The second-order valence-corrected chi connectivity index (χ2v) is 3.97. The van der Waals surface area contributed by atoms with Crippen molar-refractivity contribution >= 4 is 18.0 Å². The van der Waals surface area contributed by atoms with Crippen LogP contribution in [-0.2, 0) is 14.3 Å². The molecule has 0 saturated heterocycles. The van der Waals surface area contributed by atoms with Gasteiger partial charge in [0, 0.05) is 11.8 Å². The van der Waals surface area contributed by atoms with Crippen molar-refractivity contribution in [2.24, 2.45) is 0 Å². The SMILES string of the molecule is CCOC(=O)C=Cc1c(C)[nH]c(C(=O)OCC)c1C. The van der Waals surface area contributed by atoms with E-state index in [9.17, 15) is 9.59 Å². The first-order valence-corrected chi connectivity index (χ1v) is 6.22. The van der Waals surface area contributed by atoms with Crippen LogP contribution in [0, 0.1) is 13.8 Å². The molecule has 0 saturated carbocycles. The van der Waals surface area contributed by atoms with Gasteiger partial charge in [0.25, 0.3) is 0 Å². The number of aryl methyl sites for hydroxylation is 1. The molecular weight excluding hydrogens is 246 g/mol. The van der Waals surface area contributed by atoms with E-state index in [1.165, 1.54) is 6.08 Å². The summed E-state index contributed by atoms with van der Waals surface area (Å²) in [4.78, 5) is 25.9. The molecule has 19 heavy (non-hydrogen) atoms. The summed E-state index contributed by atoms with van der Waals surface area (Å²) < 4.78 is 9.76. The molecule has 1 aromatic rings. The zero-order valence-corrected chi connectivity index (χ0v) is 11.7. The normalized spacial score (nSPS) is 10.7. The lowest BCUT2D eigenvalue weighted by Gasteiger charge is -2.00. The van der Waals surface area contributed by atoms with Gasteiger partial charge in [-0.15, -0.1) is 0 Å². The van der Waals surface area contributed by atoms with Crippen LogP contribution in [0.2, 0.25) is 0 Å². The Kier molecular flexibility index (Phi) is 5.36. The number of rotatable bonds is 5. The van der Waals surface area contributed by atoms with Crippen LogP contribution < -0.4 is 0 Å². The quantitative estimate of drug-likeness (QED) is 0.655. The van der Waals surface area contributed by atoms with Crippen LogP contribution in [0.15, 0.2) is 6.08 Å². The number of esters is 2. The molecule has 5 heteroatoms. The minimum Gasteiger partial charge on any atom is -0.463 e. The van der Waals surface area contributed by atoms with Crippen LogP contribution in [0.3, 0.4) is 0 Å². The Labute approximate surface area is 112 Å². The zero-order chi connectivity index (χ0) is 14.4. The summed E-state index contributed by atoms with van der Waals surface area (Å²) in [5.41, 5.74) is 2.79. The Morgan fingerprint density at radius 1 is 1.16 bits per heavy atom. The van der Waals surface area contributed by atoms with E-state index >= 15 is 0 Å². The van der Waals surface area contributed by atoms with Gasteiger partial charge >= 0.3 is 11.9 Å². The Morgan fingerprint density at radius 3 is 2.37 bits per heavy atom. The summed E-state index contributed by atoms with van der Waals surface area (Å²) >= 11 is 0. The lowest BCUT2D eigenvalue weighted by Crippen LogP contribution is -2.06. The highest BCUT2D eigenvalue weighted by atomic mass is 16.5. The molecule has 1 N–H and O–H groups in total. The van der Waals surface area contributed by atoms with Gasteiger partial charge in [-0.2, -0.15) is 0 Å². The number of hydrogen-bond donors (Lipinski definition) is 1. The number of aromatic nitrogens is 1. The minimum absolute atomic E-state index is 0.324. The maximum Gasteiger partial charge on any atom is 0.355 e. The molecule has 1 aromatic heterocycles. The lowest BCUT2D eigenvalue weighted by atomic mass is 10.1. The fraction of sp³-hybridized carbons (Fsp3) is 0.429. The van der Waals surface area contributed by atoms with Crippen molar-refractivity contribution in [3.63, 3.8) is 0 Å². The standard InChI is InChI=1S/C14H19NO4/c1-5-18-12(16)8-7-11-9(3)13(15-10(11)4)14(17)19-6-2/h7-8,15H,5-6H2,1-4H3. The maximum absolute atomic E-state index is 11.7. The average molecular weight is 265 g/mol. The first-order chi connectivity index (χ1) is 9.01. The molecule has 0 aliphatic heterocycles. The van der Waals surface area contributed by atoms with Gasteiger partial charge in [0.15, 0.2) is 0 Å². The molecule has 0 atom stereocenters. The zero-order valence-electron chi connectivity index (χ0n) is 11.7. The van der Waals surface area contributed by atoms with Crippen molar-refractivity contribution in [3.8, 4) is 0 Å². The molecule has 5 nitrogen and oxygen atoms in total. The highest BCUT2D eigenvalue weighted by Crippen LogP contribution is 2.20. The number of hydrogen-bond acceptors (Lipinski definition) is 4. The number of aromatic amines is 1. The van der Waals surface area contributed by atoms with Crippen molar-refractivity contribution in [3.05, 3.63) is 28.6 Å². The van der Waals surface area contributed by atoms with E-state index in [1.54, 1.807) is 26.8 Å². The Bertz CT molecular complexity index is 500. The fourth-order valence-corrected chi connectivity index (χ4v) is 1.76. The molecule has 0 fully saturated rings. The van der Waals surface area contributed by atoms with Crippen molar-refractivity contribution in [1.29, 1.82) is 0 Å². The van der Waals surface area contributed by atoms with Gasteiger partial charge in [0.05, 0.1) is 13.2 Å². The molecule has 0 aliphatic rings. The number of carbonyl (C=O) groups excluding carboxylic acids is 2. The molecule has 0 aliphatic carbocycles. The van der Waals surface area contributed by atoms with Crippen molar-refractivity contribution in [1.82, 2.24) is 4.98 Å². The molecule has 0 bridgehead atoms. The van der Waals surface area contributed by atoms with Crippen LogP contribution in [-0.4, -0.2) is 30.1 Å². The fourth-order valence-electron chi connectivity index (χ4n) is 1.76. The summed E-state index contributed by atoms with van der Waals surface area (Å²) in [7, 11) is 0. The Hall–Kier alpha value is -2.04. The molecular formula is C14H19NO4.